The van der Waals surface area contributed by atoms with E-state index in [1.54, 1.807) is 42.5 Å². The maximum absolute atomic E-state index is 13.5. The maximum Gasteiger partial charge on any atom is 0.250 e. The molecule has 166 valence electrons. The predicted molar refractivity (Wildman–Crippen MR) is 116 cm³/mol. The van der Waals surface area contributed by atoms with Gasteiger partial charge in [0.15, 0.2) is 0 Å². The number of carbonyl (C=O) groups is 3. The van der Waals surface area contributed by atoms with Gasteiger partial charge in [-0.2, -0.15) is 0 Å². The number of hydrogen-bond acceptors (Lipinski definition) is 6. The molecule has 0 saturated carbocycles. The van der Waals surface area contributed by atoms with Crippen molar-refractivity contribution in [2.75, 3.05) is 25.6 Å². The van der Waals surface area contributed by atoms with Crippen molar-refractivity contribution in [2.24, 2.45) is 11.8 Å². The van der Waals surface area contributed by atoms with Gasteiger partial charge in [-0.05, 0) is 30.2 Å². The first kappa shape index (κ1) is 20.9. The standard InChI is InChI=1S/C23H22ClN3O5/c1-32-10-9-27-20(29)17-16(11-12-5-7-13(28)8-6-12)26-23(18(17)21(27)30)14-3-2-4-15(24)19(14)25-22(23)31/h2-8,16-18,26,28H,9-11H2,1H3,(H,25,31)/t16?,17-,18+,23?/m1/s1. The van der Waals surface area contributed by atoms with Gasteiger partial charge in [-0.1, -0.05) is 35.9 Å². The summed E-state index contributed by atoms with van der Waals surface area (Å²) in [5.74, 6) is -2.57. The highest BCUT2D eigenvalue weighted by molar-refractivity contribution is 6.35. The van der Waals surface area contributed by atoms with Gasteiger partial charge in [0.25, 0.3) is 0 Å². The number of amides is 3. The number of likely N-dealkylation sites (tertiary alicyclic amines) is 1. The fourth-order valence-corrected chi connectivity index (χ4v) is 5.54. The molecule has 3 aliphatic rings. The zero-order chi connectivity index (χ0) is 22.6. The highest BCUT2D eigenvalue weighted by Gasteiger charge is 2.70. The van der Waals surface area contributed by atoms with Crippen LogP contribution in [0.3, 0.4) is 0 Å². The van der Waals surface area contributed by atoms with E-state index in [2.05, 4.69) is 10.6 Å². The van der Waals surface area contributed by atoms with E-state index in [9.17, 15) is 19.5 Å². The van der Waals surface area contributed by atoms with Crippen molar-refractivity contribution in [1.82, 2.24) is 10.2 Å². The minimum absolute atomic E-state index is 0.132. The number of halogens is 1. The Kier molecular flexibility index (Phi) is 4.96. The molecule has 2 aromatic carbocycles. The molecule has 8 nitrogen and oxygen atoms in total. The molecular weight excluding hydrogens is 434 g/mol. The maximum atomic E-state index is 13.5. The molecule has 3 aliphatic heterocycles. The van der Waals surface area contributed by atoms with Crippen LogP contribution < -0.4 is 10.6 Å². The van der Waals surface area contributed by atoms with Crippen LogP contribution in [0.5, 0.6) is 5.75 Å². The van der Waals surface area contributed by atoms with Crippen molar-refractivity contribution in [2.45, 2.75) is 18.0 Å². The molecule has 0 aliphatic carbocycles. The largest absolute Gasteiger partial charge is 0.508 e. The fourth-order valence-electron chi connectivity index (χ4n) is 5.32. The number of aromatic hydroxyl groups is 1. The van der Waals surface area contributed by atoms with Crippen molar-refractivity contribution in [3.8, 4) is 5.75 Å². The molecule has 0 aromatic heterocycles. The predicted octanol–water partition coefficient (Wildman–Crippen LogP) is 1.66. The first-order valence-corrected chi connectivity index (χ1v) is 10.8. The van der Waals surface area contributed by atoms with Gasteiger partial charge in [-0.3, -0.25) is 24.6 Å². The number of phenolic OH excluding ortho intramolecular Hbond substituents is 1. The molecule has 1 spiro atoms. The summed E-state index contributed by atoms with van der Waals surface area (Å²) in [5, 5.41) is 16.2. The highest BCUT2D eigenvalue weighted by Crippen LogP contribution is 2.54. The number of fused-ring (bicyclic) bond motifs is 4. The lowest BCUT2D eigenvalue weighted by molar-refractivity contribution is -0.143. The lowest BCUT2D eigenvalue weighted by Gasteiger charge is -2.29. The molecule has 2 unspecified atom stereocenters. The fraction of sp³-hybridized carbons (Fsp3) is 0.348. The van der Waals surface area contributed by atoms with E-state index < -0.39 is 29.3 Å². The number of anilines is 1. The number of nitrogens with one attached hydrogen (secondary N) is 2. The molecule has 3 N–H and O–H groups in total. The van der Waals surface area contributed by atoms with Crippen LogP contribution in [0.25, 0.3) is 0 Å². The third-order valence-electron chi connectivity index (χ3n) is 6.70. The number of phenols is 1. The Labute approximate surface area is 189 Å². The molecule has 9 heteroatoms. The van der Waals surface area contributed by atoms with Gasteiger partial charge in [-0.25, -0.2) is 0 Å². The van der Waals surface area contributed by atoms with Crippen molar-refractivity contribution >= 4 is 35.0 Å². The van der Waals surface area contributed by atoms with Crippen LogP contribution in [0.4, 0.5) is 5.69 Å². The first-order valence-electron chi connectivity index (χ1n) is 10.4. The average Bonchev–Trinajstić information content (AvgIpc) is 3.35. The zero-order valence-corrected chi connectivity index (χ0v) is 18.1. The summed E-state index contributed by atoms with van der Waals surface area (Å²) in [6, 6.07) is 11.4. The number of benzene rings is 2. The topological polar surface area (TPSA) is 108 Å². The molecule has 3 heterocycles. The highest BCUT2D eigenvalue weighted by atomic mass is 35.5. The van der Waals surface area contributed by atoms with E-state index in [1.165, 1.54) is 12.0 Å². The number of ether oxygens (including phenoxy) is 1. The third kappa shape index (κ3) is 2.87. The van der Waals surface area contributed by atoms with Gasteiger partial charge >= 0.3 is 0 Å². The number of hydrogen-bond donors (Lipinski definition) is 3. The molecule has 3 amide bonds. The number of carbonyl (C=O) groups excluding carboxylic acids is 3. The number of rotatable bonds is 5. The van der Waals surface area contributed by atoms with E-state index in [1.807, 2.05) is 0 Å². The van der Waals surface area contributed by atoms with Crippen molar-refractivity contribution in [3.63, 3.8) is 0 Å². The molecule has 0 bridgehead atoms. The Morgan fingerprint density at radius 3 is 2.59 bits per heavy atom. The van der Waals surface area contributed by atoms with Crippen LogP contribution in [0.1, 0.15) is 11.1 Å². The van der Waals surface area contributed by atoms with Crippen LogP contribution in [0, 0.1) is 11.8 Å². The molecule has 4 atom stereocenters. The molecular formula is C23H22ClN3O5. The smallest absolute Gasteiger partial charge is 0.250 e. The monoisotopic (exact) mass is 455 g/mol. The van der Waals surface area contributed by atoms with E-state index in [0.717, 1.165) is 5.56 Å². The number of nitrogens with zero attached hydrogens (tertiary/aromatic N) is 1. The summed E-state index contributed by atoms with van der Waals surface area (Å²) < 4.78 is 5.08. The SMILES string of the molecule is COCCN1C(=O)[C@@H]2C(Cc3ccc(O)cc3)NC3(C(=O)Nc4c(Cl)cccc43)[C@@H]2C1=O. The van der Waals surface area contributed by atoms with Gasteiger partial charge < -0.3 is 15.2 Å². The van der Waals surface area contributed by atoms with Crippen LogP contribution in [-0.2, 0) is 31.1 Å². The Morgan fingerprint density at radius 2 is 1.88 bits per heavy atom. The average molecular weight is 456 g/mol. The second-order valence-corrected chi connectivity index (χ2v) is 8.78. The van der Waals surface area contributed by atoms with Gasteiger partial charge in [0.2, 0.25) is 17.7 Å². The van der Waals surface area contributed by atoms with Crippen LogP contribution in [0.15, 0.2) is 42.5 Å². The second-order valence-electron chi connectivity index (χ2n) is 8.37. The van der Waals surface area contributed by atoms with Crippen LogP contribution in [0.2, 0.25) is 5.02 Å². The molecule has 5 rings (SSSR count). The normalized spacial score (nSPS) is 28.4. The summed E-state index contributed by atoms with van der Waals surface area (Å²) in [5.41, 5.74) is 0.525. The van der Waals surface area contributed by atoms with E-state index in [-0.39, 0.29) is 30.7 Å². The number of imide groups is 1. The van der Waals surface area contributed by atoms with E-state index in [4.69, 9.17) is 16.3 Å². The second kappa shape index (κ2) is 7.58. The van der Waals surface area contributed by atoms with Gasteiger partial charge in [0, 0.05) is 18.7 Å². The minimum atomic E-state index is -1.39. The van der Waals surface area contributed by atoms with Gasteiger partial charge in [-0.15, -0.1) is 0 Å². The number of para-hydroxylation sites is 1. The van der Waals surface area contributed by atoms with Gasteiger partial charge in [0.05, 0.1) is 35.7 Å². The lowest BCUT2D eigenvalue weighted by atomic mass is 9.76. The zero-order valence-electron chi connectivity index (χ0n) is 17.3. The molecule has 0 radical (unpaired) electrons. The van der Waals surface area contributed by atoms with Crippen LogP contribution in [-0.4, -0.2) is 54.0 Å². The molecule has 2 saturated heterocycles. The Balaban J connectivity index is 1.61. The van der Waals surface area contributed by atoms with Crippen molar-refractivity contribution < 1.29 is 24.2 Å². The minimum Gasteiger partial charge on any atom is -0.508 e. The van der Waals surface area contributed by atoms with Crippen molar-refractivity contribution in [1.29, 1.82) is 0 Å². The number of methoxy groups -OCH3 is 1. The Morgan fingerprint density at radius 1 is 1.12 bits per heavy atom. The van der Waals surface area contributed by atoms with E-state index in [0.29, 0.717) is 22.7 Å². The molecule has 2 aromatic rings. The van der Waals surface area contributed by atoms with Gasteiger partial charge in [0.1, 0.15) is 11.3 Å². The molecule has 2 fully saturated rings. The summed E-state index contributed by atoms with van der Waals surface area (Å²) in [7, 11) is 1.51. The first-order chi connectivity index (χ1) is 15.4. The Bertz CT molecular complexity index is 1120. The third-order valence-corrected chi connectivity index (χ3v) is 7.02. The van der Waals surface area contributed by atoms with Crippen molar-refractivity contribution in [3.05, 3.63) is 58.6 Å². The van der Waals surface area contributed by atoms with Crippen LogP contribution >= 0.6 is 11.6 Å². The summed E-state index contributed by atoms with van der Waals surface area (Å²) in [6.07, 6.45) is 0.406. The van der Waals surface area contributed by atoms with E-state index >= 15 is 0 Å². The Hall–Kier alpha value is -2.94. The quantitative estimate of drug-likeness (QED) is 0.592. The summed E-state index contributed by atoms with van der Waals surface area (Å²) >= 11 is 6.34. The summed E-state index contributed by atoms with van der Waals surface area (Å²) in [4.78, 5) is 41.5. The molecule has 32 heavy (non-hydrogen) atoms. The lowest BCUT2D eigenvalue weighted by Crippen LogP contribution is -2.53. The summed E-state index contributed by atoms with van der Waals surface area (Å²) in [6.45, 7) is 0.349.